The number of hydrogen-bond acceptors (Lipinski definition) is 4. The van der Waals surface area contributed by atoms with Crippen LogP contribution in [0.5, 0.6) is 0 Å². The van der Waals surface area contributed by atoms with Gasteiger partial charge in [0.1, 0.15) is 11.9 Å². The summed E-state index contributed by atoms with van der Waals surface area (Å²) < 4.78 is 8.11. The van der Waals surface area contributed by atoms with E-state index in [1.165, 1.54) is 10.9 Å². The molecule has 1 fully saturated rings. The number of rotatable bonds is 5. The van der Waals surface area contributed by atoms with E-state index in [2.05, 4.69) is 51.0 Å². The summed E-state index contributed by atoms with van der Waals surface area (Å²) >= 11 is 0. The smallest absolute Gasteiger partial charge is 0.139 e. The number of imidazole rings is 1. The van der Waals surface area contributed by atoms with Crippen molar-refractivity contribution < 1.29 is 4.74 Å². The number of nitrogens with one attached hydrogen (secondary N) is 1. The third-order valence-corrected chi connectivity index (χ3v) is 4.67. The van der Waals surface area contributed by atoms with E-state index in [0.29, 0.717) is 6.04 Å². The molecule has 3 heterocycles. The summed E-state index contributed by atoms with van der Waals surface area (Å²) in [6.07, 6.45) is 6.74. The standard InChI is InChI=1S/C19H22N4O/c1-2-23-10-9-21-19(23)18-17(7-11-24-18)22-13-14-5-6-16-15(12-14)4-3-8-20-16/h3-6,8-10,12,17-18,22H,2,7,11,13H2,1H3/t17-,18-/m0/s1. The van der Waals surface area contributed by atoms with Crippen molar-refractivity contribution >= 4 is 10.9 Å². The first kappa shape index (κ1) is 15.3. The highest BCUT2D eigenvalue weighted by atomic mass is 16.5. The highest BCUT2D eigenvalue weighted by molar-refractivity contribution is 5.78. The number of ether oxygens (including phenoxy) is 1. The molecule has 1 saturated heterocycles. The molecule has 124 valence electrons. The van der Waals surface area contributed by atoms with E-state index >= 15 is 0 Å². The van der Waals surface area contributed by atoms with Crippen LogP contribution in [0.2, 0.25) is 0 Å². The van der Waals surface area contributed by atoms with Crippen molar-refractivity contribution in [3.63, 3.8) is 0 Å². The van der Waals surface area contributed by atoms with Crippen LogP contribution in [0.15, 0.2) is 48.9 Å². The number of hydrogen-bond donors (Lipinski definition) is 1. The second-order valence-electron chi connectivity index (χ2n) is 6.17. The molecule has 1 aliphatic heterocycles. The minimum absolute atomic E-state index is 0.0297. The first-order valence-corrected chi connectivity index (χ1v) is 8.55. The SMILES string of the molecule is CCn1ccnc1[C@H]1OCC[C@@H]1NCc1ccc2ncccc2c1. The average Bonchev–Trinajstić information content (AvgIpc) is 3.28. The van der Waals surface area contributed by atoms with E-state index in [4.69, 9.17) is 4.74 Å². The fourth-order valence-electron chi connectivity index (χ4n) is 3.38. The maximum absolute atomic E-state index is 5.96. The van der Waals surface area contributed by atoms with E-state index < -0.39 is 0 Å². The summed E-state index contributed by atoms with van der Waals surface area (Å²) in [5.74, 6) is 1.02. The molecule has 4 rings (SSSR count). The molecule has 0 bridgehead atoms. The Bertz CT molecular complexity index is 829. The van der Waals surface area contributed by atoms with Gasteiger partial charge in [-0.3, -0.25) is 4.98 Å². The number of aromatic nitrogens is 3. The molecule has 0 saturated carbocycles. The Morgan fingerprint density at radius 1 is 1.25 bits per heavy atom. The molecule has 5 nitrogen and oxygen atoms in total. The van der Waals surface area contributed by atoms with Crippen molar-refractivity contribution in [2.45, 2.75) is 38.6 Å². The lowest BCUT2D eigenvalue weighted by Crippen LogP contribution is -2.32. The Balaban J connectivity index is 1.47. The van der Waals surface area contributed by atoms with Crippen LogP contribution in [-0.2, 0) is 17.8 Å². The minimum atomic E-state index is 0.0297. The summed E-state index contributed by atoms with van der Waals surface area (Å²) in [6.45, 7) is 4.65. The fraction of sp³-hybridized carbons (Fsp3) is 0.368. The molecule has 1 aliphatic rings. The molecule has 3 aromatic rings. The van der Waals surface area contributed by atoms with E-state index in [0.717, 1.165) is 37.5 Å². The molecule has 0 radical (unpaired) electrons. The molecule has 0 unspecified atom stereocenters. The summed E-state index contributed by atoms with van der Waals surface area (Å²) in [7, 11) is 0. The zero-order chi connectivity index (χ0) is 16.4. The second kappa shape index (κ2) is 6.71. The van der Waals surface area contributed by atoms with Crippen LogP contribution in [0, 0.1) is 0 Å². The van der Waals surface area contributed by atoms with Crippen molar-refractivity contribution in [1.82, 2.24) is 19.9 Å². The highest BCUT2D eigenvalue weighted by Gasteiger charge is 2.32. The van der Waals surface area contributed by atoms with Crippen LogP contribution in [0.1, 0.15) is 30.8 Å². The molecule has 2 aromatic heterocycles. The summed E-state index contributed by atoms with van der Waals surface area (Å²) in [5, 5.41) is 4.83. The third-order valence-electron chi connectivity index (χ3n) is 4.67. The molecular formula is C19H22N4O. The lowest BCUT2D eigenvalue weighted by molar-refractivity contribution is 0.0886. The zero-order valence-corrected chi connectivity index (χ0v) is 13.9. The second-order valence-corrected chi connectivity index (χ2v) is 6.17. The minimum Gasteiger partial charge on any atom is -0.369 e. The summed E-state index contributed by atoms with van der Waals surface area (Å²) in [4.78, 5) is 8.88. The molecule has 1 N–H and O–H groups in total. The van der Waals surface area contributed by atoms with Gasteiger partial charge in [-0.05, 0) is 37.1 Å². The topological polar surface area (TPSA) is 52.0 Å². The van der Waals surface area contributed by atoms with Crippen molar-refractivity contribution in [1.29, 1.82) is 0 Å². The summed E-state index contributed by atoms with van der Waals surface area (Å²) in [5.41, 5.74) is 2.30. The van der Waals surface area contributed by atoms with Crippen LogP contribution < -0.4 is 5.32 Å². The lowest BCUT2D eigenvalue weighted by Gasteiger charge is -2.20. The fourth-order valence-corrected chi connectivity index (χ4v) is 3.38. The summed E-state index contributed by atoms with van der Waals surface area (Å²) in [6, 6.07) is 10.8. The van der Waals surface area contributed by atoms with Crippen molar-refractivity contribution in [2.75, 3.05) is 6.61 Å². The molecule has 1 aromatic carbocycles. The van der Waals surface area contributed by atoms with Gasteiger partial charge in [-0.25, -0.2) is 4.98 Å². The van der Waals surface area contributed by atoms with Crippen LogP contribution in [-0.4, -0.2) is 27.2 Å². The Morgan fingerprint density at radius 2 is 2.21 bits per heavy atom. The molecule has 0 aliphatic carbocycles. The van der Waals surface area contributed by atoms with E-state index in [1.807, 2.05) is 24.7 Å². The predicted molar refractivity (Wildman–Crippen MR) is 93.6 cm³/mol. The Kier molecular flexibility index (Phi) is 4.28. The van der Waals surface area contributed by atoms with Crippen molar-refractivity contribution in [3.8, 4) is 0 Å². The first-order valence-electron chi connectivity index (χ1n) is 8.55. The van der Waals surface area contributed by atoms with Gasteiger partial charge in [-0.1, -0.05) is 12.1 Å². The third kappa shape index (κ3) is 2.92. The molecular weight excluding hydrogens is 300 g/mol. The zero-order valence-electron chi connectivity index (χ0n) is 13.9. The molecule has 5 heteroatoms. The lowest BCUT2D eigenvalue weighted by atomic mass is 10.1. The van der Waals surface area contributed by atoms with Gasteiger partial charge < -0.3 is 14.6 Å². The van der Waals surface area contributed by atoms with E-state index in [1.54, 1.807) is 0 Å². The van der Waals surface area contributed by atoms with Crippen LogP contribution in [0.3, 0.4) is 0 Å². The van der Waals surface area contributed by atoms with Gasteiger partial charge in [0.05, 0.1) is 5.52 Å². The van der Waals surface area contributed by atoms with E-state index in [9.17, 15) is 0 Å². The Labute approximate surface area is 141 Å². The van der Waals surface area contributed by atoms with Crippen LogP contribution in [0.25, 0.3) is 10.9 Å². The number of aryl methyl sites for hydroxylation is 1. The number of fused-ring (bicyclic) bond motifs is 1. The van der Waals surface area contributed by atoms with Gasteiger partial charge in [-0.2, -0.15) is 0 Å². The number of benzene rings is 1. The largest absolute Gasteiger partial charge is 0.369 e. The Morgan fingerprint density at radius 3 is 3.12 bits per heavy atom. The first-order chi connectivity index (χ1) is 11.8. The maximum atomic E-state index is 5.96. The van der Waals surface area contributed by atoms with Gasteiger partial charge in [0.25, 0.3) is 0 Å². The van der Waals surface area contributed by atoms with Gasteiger partial charge in [0.15, 0.2) is 0 Å². The molecule has 0 amide bonds. The average molecular weight is 322 g/mol. The van der Waals surface area contributed by atoms with Crippen molar-refractivity contribution in [2.24, 2.45) is 0 Å². The number of pyridine rings is 1. The van der Waals surface area contributed by atoms with Crippen LogP contribution >= 0.6 is 0 Å². The van der Waals surface area contributed by atoms with Crippen LogP contribution in [0.4, 0.5) is 0 Å². The Hall–Kier alpha value is -2.24. The maximum Gasteiger partial charge on any atom is 0.139 e. The normalized spacial score (nSPS) is 20.7. The van der Waals surface area contributed by atoms with Gasteiger partial charge >= 0.3 is 0 Å². The van der Waals surface area contributed by atoms with Gasteiger partial charge in [-0.15, -0.1) is 0 Å². The van der Waals surface area contributed by atoms with Gasteiger partial charge in [0, 0.05) is 49.7 Å². The molecule has 24 heavy (non-hydrogen) atoms. The highest BCUT2D eigenvalue weighted by Crippen LogP contribution is 2.28. The molecule has 0 spiro atoms. The predicted octanol–water partition coefficient (Wildman–Crippen LogP) is 3.07. The number of nitrogens with zero attached hydrogens (tertiary/aromatic N) is 3. The molecule has 2 atom stereocenters. The monoisotopic (exact) mass is 322 g/mol. The van der Waals surface area contributed by atoms with E-state index in [-0.39, 0.29) is 6.10 Å². The quantitative estimate of drug-likeness (QED) is 0.784. The van der Waals surface area contributed by atoms with Gasteiger partial charge in [0.2, 0.25) is 0 Å². The van der Waals surface area contributed by atoms with Crippen molar-refractivity contribution in [3.05, 3.63) is 60.3 Å².